The second-order valence-electron chi connectivity index (χ2n) is 5.50. The Bertz CT molecular complexity index is 495. The molecule has 0 bridgehead atoms. The third-order valence-corrected chi connectivity index (χ3v) is 4.19. The van der Waals surface area contributed by atoms with Gasteiger partial charge in [0.25, 0.3) is 0 Å². The van der Waals surface area contributed by atoms with E-state index in [1.165, 1.54) is 0 Å². The quantitative estimate of drug-likeness (QED) is 0.913. The zero-order valence-electron chi connectivity index (χ0n) is 12.3. The van der Waals surface area contributed by atoms with Crippen molar-refractivity contribution in [2.45, 2.75) is 32.4 Å². The number of hydrogen-bond acceptors (Lipinski definition) is 4. The van der Waals surface area contributed by atoms with Gasteiger partial charge < -0.3 is 10.5 Å². The predicted octanol–water partition coefficient (Wildman–Crippen LogP) is 2.13. The second kappa shape index (κ2) is 6.74. The van der Waals surface area contributed by atoms with Gasteiger partial charge in [-0.15, -0.1) is 0 Å². The summed E-state index contributed by atoms with van der Waals surface area (Å²) < 4.78 is 5.18. The highest BCUT2D eigenvalue weighted by Crippen LogP contribution is 2.23. The SMILES string of the molecule is CCC1CN(Cc2ccc(OC)c(C#N)c2)CCC1N. The Morgan fingerprint density at radius 2 is 2.30 bits per heavy atom. The monoisotopic (exact) mass is 273 g/mol. The molecule has 1 aromatic rings. The molecule has 0 spiro atoms. The lowest BCUT2D eigenvalue weighted by atomic mass is 9.90. The van der Waals surface area contributed by atoms with Gasteiger partial charge in [-0.3, -0.25) is 4.90 Å². The Hall–Kier alpha value is -1.57. The predicted molar refractivity (Wildman–Crippen MR) is 79.4 cm³/mol. The normalized spacial score (nSPS) is 23.3. The first-order valence-corrected chi connectivity index (χ1v) is 7.22. The Morgan fingerprint density at radius 1 is 1.50 bits per heavy atom. The fraction of sp³-hybridized carbons (Fsp3) is 0.562. The van der Waals surface area contributed by atoms with Crippen LogP contribution >= 0.6 is 0 Å². The van der Waals surface area contributed by atoms with Gasteiger partial charge in [-0.05, 0) is 36.6 Å². The molecule has 4 nitrogen and oxygen atoms in total. The molecule has 108 valence electrons. The van der Waals surface area contributed by atoms with Crippen LogP contribution in [0.5, 0.6) is 5.75 Å². The van der Waals surface area contributed by atoms with Gasteiger partial charge in [-0.2, -0.15) is 5.26 Å². The summed E-state index contributed by atoms with van der Waals surface area (Å²) >= 11 is 0. The molecule has 1 heterocycles. The Labute approximate surface area is 121 Å². The summed E-state index contributed by atoms with van der Waals surface area (Å²) in [5.74, 6) is 1.22. The van der Waals surface area contributed by atoms with Crippen LogP contribution in [0.4, 0.5) is 0 Å². The minimum absolute atomic E-state index is 0.335. The van der Waals surface area contributed by atoms with Gasteiger partial charge in [-0.25, -0.2) is 0 Å². The lowest BCUT2D eigenvalue weighted by Gasteiger charge is -2.36. The number of ether oxygens (including phenoxy) is 1. The third-order valence-electron chi connectivity index (χ3n) is 4.19. The fourth-order valence-corrected chi connectivity index (χ4v) is 2.90. The van der Waals surface area contributed by atoms with E-state index in [2.05, 4.69) is 17.9 Å². The van der Waals surface area contributed by atoms with E-state index in [9.17, 15) is 0 Å². The fourth-order valence-electron chi connectivity index (χ4n) is 2.90. The summed E-state index contributed by atoms with van der Waals surface area (Å²) in [6.45, 7) is 5.16. The molecule has 4 heteroatoms. The van der Waals surface area contributed by atoms with Crippen molar-refractivity contribution in [3.8, 4) is 11.8 Å². The maximum absolute atomic E-state index is 9.13. The minimum atomic E-state index is 0.335. The van der Waals surface area contributed by atoms with Crippen LogP contribution in [0.15, 0.2) is 18.2 Å². The zero-order valence-corrected chi connectivity index (χ0v) is 12.3. The molecule has 2 unspecified atom stereocenters. The van der Waals surface area contributed by atoms with Crippen LogP contribution in [0.2, 0.25) is 0 Å². The molecule has 1 aliphatic heterocycles. The molecule has 1 aromatic carbocycles. The van der Waals surface area contributed by atoms with E-state index < -0.39 is 0 Å². The van der Waals surface area contributed by atoms with Crippen LogP contribution in [0, 0.1) is 17.2 Å². The first kappa shape index (κ1) is 14.8. The molecule has 1 saturated heterocycles. The van der Waals surface area contributed by atoms with Crippen molar-refractivity contribution < 1.29 is 4.74 Å². The lowest BCUT2D eigenvalue weighted by Crippen LogP contribution is -2.46. The topological polar surface area (TPSA) is 62.3 Å². The van der Waals surface area contributed by atoms with Crippen molar-refractivity contribution in [3.05, 3.63) is 29.3 Å². The number of hydrogen-bond donors (Lipinski definition) is 1. The molecule has 0 saturated carbocycles. The van der Waals surface area contributed by atoms with Crippen LogP contribution in [-0.2, 0) is 6.54 Å². The van der Waals surface area contributed by atoms with Crippen molar-refractivity contribution >= 4 is 0 Å². The van der Waals surface area contributed by atoms with Crippen LogP contribution in [0.25, 0.3) is 0 Å². The van der Waals surface area contributed by atoms with Crippen molar-refractivity contribution in [2.75, 3.05) is 20.2 Å². The van der Waals surface area contributed by atoms with Crippen LogP contribution in [0.1, 0.15) is 30.9 Å². The van der Waals surface area contributed by atoms with Gasteiger partial charge in [0.2, 0.25) is 0 Å². The van der Waals surface area contributed by atoms with Gasteiger partial charge in [0, 0.05) is 19.1 Å². The average molecular weight is 273 g/mol. The highest BCUT2D eigenvalue weighted by Gasteiger charge is 2.25. The number of benzene rings is 1. The molecule has 0 amide bonds. The largest absolute Gasteiger partial charge is 0.495 e. The van der Waals surface area contributed by atoms with Gasteiger partial charge in [0.1, 0.15) is 11.8 Å². The minimum Gasteiger partial charge on any atom is -0.495 e. The Kier molecular flexibility index (Phi) is 4.99. The summed E-state index contributed by atoms with van der Waals surface area (Å²) in [4.78, 5) is 2.43. The Morgan fingerprint density at radius 3 is 2.95 bits per heavy atom. The number of piperidine rings is 1. The van der Waals surface area contributed by atoms with Crippen molar-refractivity contribution in [1.82, 2.24) is 4.90 Å². The van der Waals surface area contributed by atoms with Crippen LogP contribution < -0.4 is 10.5 Å². The van der Waals surface area contributed by atoms with Gasteiger partial charge in [0.15, 0.2) is 0 Å². The first-order chi connectivity index (χ1) is 9.67. The first-order valence-electron chi connectivity index (χ1n) is 7.22. The number of rotatable bonds is 4. The smallest absolute Gasteiger partial charge is 0.136 e. The summed E-state index contributed by atoms with van der Waals surface area (Å²) in [7, 11) is 1.59. The number of likely N-dealkylation sites (tertiary alicyclic amines) is 1. The maximum Gasteiger partial charge on any atom is 0.136 e. The Balaban J connectivity index is 2.05. The number of methoxy groups -OCH3 is 1. The molecule has 2 N–H and O–H groups in total. The van der Waals surface area contributed by atoms with E-state index in [1.807, 2.05) is 18.2 Å². The van der Waals surface area contributed by atoms with E-state index in [0.29, 0.717) is 23.3 Å². The summed E-state index contributed by atoms with van der Waals surface area (Å²) in [6.07, 6.45) is 2.18. The highest BCUT2D eigenvalue weighted by molar-refractivity contribution is 5.45. The zero-order chi connectivity index (χ0) is 14.5. The molecule has 20 heavy (non-hydrogen) atoms. The van der Waals surface area contributed by atoms with E-state index in [1.54, 1.807) is 7.11 Å². The van der Waals surface area contributed by atoms with E-state index in [-0.39, 0.29) is 0 Å². The van der Waals surface area contributed by atoms with Gasteiger partial charge in [0.05, 0.1) is 12.7 Å². The van der Waals surface area contributed by atoms with Crippen molar-refractivity contribution in [3.63, 3.8) is 0 Å². The second-order valence-corrected chi connectivity index (χ2v) is 5.50. The van der Waals surface area contributed by atoms with Crippen LogP contribution in [0.3, 0.4) is 0 Å². The van der Waals surface area contributed by atoms with Crippen LogP contribution in [-0.4, -0.2) is 31.1 Å². The summed E-state index contributed by atoms with van der Waals surface area (Å²) in [5.41, 5.74) is 7.90. The van der Waals surface area contributed by atoms with E-state index in [4.69, 9.17) is 15.7 Å². The van der Waals surface area contributed by atoms with E-state index in [0.717, 1.165) is 38.0 Å². The maximum atomic E-state index is 9.13. The summed E-state index contributed by atoms with van der Waals surface area (Å²) in [5, 5.41) is 9.13. The number of nitrogens with two attached hydrogens (primary N) is 1. The number of nitriles is 1. The van der Waals surface area contributed by atoms with E-state index >= 15 is 0 Å². The molecule has 0 radical (unpaired) electrons. The van der Waals surface area contributed by atoms with Gasteiger partial charge >= 0.3 is 0 Å². The molecule has 2 rings (SSSR count). The van der Waals surface area contributed by atoms with Gasteiger partial charge in [-0.1, -0.05) is 19.4 Å². The lowest BCUT2D eigenvalue weighted by molar-refractivity contribution is 0.145. The van der Waals surface area contributed by atoms with Crippen molar-refractivity contribution in [1.29, 1.82) is 5.26 Å². The van der Waals surface area contributed by atoms with Crippen molar-refractivity contribution in [2.24, 2.45) is 11.7 Å². The molecule has 1 fully saturated rings. The standard InChI is InChI=1S/C16H23N3O/c1-3-13-11-19(7-6-15(13)18)10-12-4-5-16(20-2)14(8-12)9-17/h4-5,8,13,15H,3,6-7,10-11,18H2,1-2H3. The summed E-state index contributed by atoms with van der Waals surface area (Å²) in [6, 6.07) is 8.36. The average Bonchev–Trinajstić information content (AvgIpc) is 2.49. The molecular formula is C16H23N3O. The molecule has 2 atom stereocenters. The highest BCUT2D eigenvalue weighted by atomic mass is 16.5. The molecule has 0 aromatic heterocycles. The molecule has 0 aliphatic carbocycles. The number of nitrogens with zero attached hydrogens (tertiary/aromatic N) is 2. The molecule has 1 aliphatic rings. The molecular weight excluding hydrogens is 250 g/mol. The third kappa shape index (κ3) is 3.30.